The van der Waals surface area contributed by atoms with E-state index in [0.717, 1.165) is 37.5 Å². The molecule has 1 heterocycles. The molecule has 1 aliphatic rings. The summed E-state index contributed by atoms with van der Waals surface area (Å²) in [7, 11) is 1.45. The molecule has 1 N–H and O–H groups in total. The summed E-state index contributed by atoms with van der Waals surface area (Å²) >= 11 is 1.87. The summed E-state index contributed by atoms with van der Waals surface area (Å²) in [6, 6.07) is 0. The fourth-order valence-corrected chi connectivity index (χ4v) is 3.40. The van der Waals surface area contributed by atoms with Gasteiger partial charge in [0.15, 0.2) is 0 Å². The molecule has 112 valence electrons. The Kier molecular flexibility index (Phi) is 7.80. The van der Waals surface area contributed by atoms with Gasteiger partial charge in [0.2, 0.25) is 0 Å². The molecule has 0 aromatic carbocycles. The van der Waals surface area contributed by atoms with E-state index < -0.39 is 5.54 Å². The number of hydrogen-bond acceptors (Lipinski definition) is 5. The Labute approximate surface area is 121 Å². The van der Waals surface area contributed by atoms with Gasteiger partial charge in [-0.15, -0.1) is 0 Å². The maximum absolute atomic E-state index is 11.9. The SMILES string of the molecule is CCCNC(C)(CCSCC1CCCO1)C(=O)OC. The van der Waals surface area contributed by atoms with Gasteiger partial charge in [-0.2, -0.15) is 11.8 Å². The first-order chi connectivity index (χ1) is 9.12. The Morgan fingerprint density at radius 2 is 2.37 bits per heavy atom. The molecule has 0 aromatic heterocycles. The number of hydrogen-bond donors (Lipinski definition) is 1. The first-order valence-electron chi connectivity index (χ1n) is 7.15. The summed E-state index contributed by atoms with van der Waals surface area (Å²) in [4.78, 5) is 11.9. The summed E-state index contributed by atoms with van der Waals surface area (Å²) in [6.45, 7) is 5.77. The molecular weight excluding hydrogens is 262 g/mol. The molecule has 1 aliphatic heterocycles. The number of nitrogens with one attached hydrogen (secondary N) is 1. The van der Waals surface area contributed by atoms with Crippen LogP contribution in [0.25, 0.3) is 0 Å². The number of methoxy groups -OCH3 is 1. The minimum absolute atomic E-state index is 0.168. The van der Waals surface area contributed by atoms with Crippen LogP contribution in [0.3, 0.4) is 0 Å². The Bertz CT molecular complexity index is 269. The van der Waals surface area contributed by atoms with Gasteiger partial charge in [-0.05, 0) is 44.9 Å². The van der Waals surface area contributed by atoms with Gasteiger partial charge in [-0.25, -0.2) is 0 Å². The van der Waals surface area contributed by atoms with Crippen LogP contribution < -0.4 is 5.32 Å². The molecule has 0 amide bonds. The van der Waals surface area contributed by atoms with E-state index in [0.29, 0.717) is 6.10 Å². The second kappa shape index (κ2) is 8.82. The van der Waals surface area contributed by atoms with Crippen molar-refractivity contribution in [2.24, 2.45) is 0 Å². The van der Waals surface area contributed by atoms with Crippen molar-refractivity contribution in [3.8, 4) is 0 Å². The van der Waals surface area contributed by atoms with Crippen molar-refractivity contribution in [1.82, 2.24) is 5.32 Å². The van der Waals surface area contributed by atoms with Crippen molar-refractivity contribution in [2.75, 3.05) is 31.8 Å². The predicted octanol–water partition coefficient (Wildman–Crippen LogP) is 2.22. The molecular formula is C14H27NO3S. The molecule has 0 spiro atoms. The Morgan fingerprint density at radius 1 is 1.58 bits per heavy atom. The quantitative estimate of drug-likeness (QED) is 0.521. The zero-order valence-electron chi connectivity index (χ0n) is 12.4. The van der Waals surface area contributed by atoms with Gasteiger partial charge in [-0.1, -0.05) is 6.92 Å². The van der Waals surface area contributed by atoms with E-state index in [9.17, 15) is 4.79 Å². The third-order valence-corrected chi connectivity index (χ3v) is 4.58. The second-order valence-electron chi connectivity index (χ2n) is 5.21. The van der Waals surface area contributed by atoms with Crippen LogP contribution in [0.4, 0.5) is 0 Å². The highest BCUT2D eigenvalue weighted by molar-refractivity contribution is 7.99. The molecule has 1 rings (SSSR count). The van der Waals surface area contributed by atoms with Crippen LogP contribution in [0.5, 0.6) is 0 Å². The predicted molar refractivity (Wildman–Crippen MR) is 79.6 cm³/mol. The average molecular weight is 289 g/mol. The van der Waals surface area contributed by atoms with E-state index in [1.807, 2.05) is 18.7 Å². The van der Waals surface area contributed by atoms with Crippen LogP contribution in [0.15, 0.2) is 0 Å². The van der Waals surface area contributed by atoms with Gasteiger partial charge >= 0.3 is 5.97 Å². The number of rotatable bonds is 9. The van der Waals surface area contributed by atoms with Gasteiger partial charge in [0, 0.05) is 12.4 Å². The molecule has 1 fully saturated rings. The zero-order valence-corrected chi connectivity index (χ0v) is 13.2. The summed E-state index contributed by atoms with van der Waals surface area (Å²) in [5.74, 6) is 1.81. The Balaban J connectivity index is 2.28. The van der Waals surface area contributed by atoms with Gasteiger partial charge in [0.25, 0.3) is 0 Å². The summed E-state index contributed by atoms with van der Waals surface area (Å²) in [5.41, 5.74) is -0.561. The van der Waals surface area contributed by atoms with Crippen molar-refractivity contribution in [2.45, 2.75) is 51.2 Å². The zero-order chi connectivity index (χ0) is 14.1. The van der Waals surface area contributed by atoms with Crippen molar-refractivity contribution >= 4 is 17.7 Å². The molecule has 0 radical (unpaired) electrons. The van der Waals surface area contributed by atoms with Crippen molar-refractivity contribution in [3.63, 3.8) is 0 Å². The average Bonchev–Trinajstić information content (AvgIpc) is 2.93. The molecule has 2 atom stereocenters. The highest BCUT2D eigenvalue weighted by Crippen LogP contribution is 2.20. The van der Waals surface area contributed by atoms with E-state index >= 15 is 0 Å². The lowest BCUT2D eigenvalue weighted by molar-refractivity contribution is -0.148. The molecule has 0 saturated carbocycles. The van der Waals surface area contributed by atoms with E-state index in [-0.39, 0.29) is 5.97 Å². The Morgan fingerprint density at radius 3 is 2.95 bits per heavy atom. The van der Waals surface area contributed by atoms with Crippen LogP contribution in [-0.4, -0.2) is 49.4 Å². The minimum atomic E-state index is -0.561. The monoisotopic (exact) mass is 289 g/mol. The Hall–Kier alpha value is -0.260. The van der Waals surface area contributed by atoms with E-state index in [4.69, 9.17) is 9.47 Å². The van der Waals surface area contributed by atoms with Gasteiger partial charge in [-0.3, -0.25) is 4.79 Å². The number of thioether (sulfide) groups is 1. The molecule has 1 saturated heterocycles. The molecule has 0 bridgehead atoms. The largest absolute Gasteiger partial charge is 0.468 e. The first kappa shape index (κ1) is 16.8. The van der Waals surface area contributed by atoms with Gasteiger partial charge in [0.05, 0.1) is 13.2 Å². The topological polar surface area (TPSA) is 47.6 Å². The molecule has 0 aliphatic carbocycles. The lowest BCUT2D eigenvalue weighted by Gasteiger charge is -2.28. The van der Waals surface area contributed by atoms with Crippen LogP contribution in [0.2, 0.25) is 0 Å². The smallest absolute Gasteiger partial charge is 0.325 e. The lowest BCUT2D eigenvalue weighted by atomic mass is 9.99. The third-order valence-electron chi connectivity index (χ3n) is 3.48. The summed E-state index contributed by atoms with van der Waals surface area (Å²) in [6.07, 6.45) is 4.57. The molecule has 2 unspecified atom stereocenters. The summed E-state index contributed by atoms with van der Waals surface area (Å²) < 4.78 is 10.5. The standard InChI is InChI=1S/C14H27NO3S/c1-4-8-15-14(2,13(16)17-3)7-10-19-11-12-6-5-9-18-12/h12,15H,4-11H2,1-3H3. The molecule has 19 heavy (non-hydrogen) atoms. The van der Waals surface area contributed by atoms with Crippen molar-refractivity contribution < 1.29 is 14.3 Å². The third kappa shape index (κ3) is 5.71. The fraction of sp³-hybridized carbons (Fsp3) is 0.929. The highest BCUT2D eigenvalue weighted by atomic mass is 32.2. The van der Waals surface area contributed by atoms with Crippen LogP contribution in [0, 0.1) is 0 Å². The van der Waals surface area contributed by atoms with E-state index in [1.165, 1.54) is 20.0 Å². The maximum Gasteiger partial charge on any atom is 0.325 e. The van der Waals surface area contributed by atoms with E-state index in [1.54, 1.807) is 0 Å². The van der Waals surface area contributed by atoms with Gasteiger partial charge < -0.3 is 14.8 Å². The normalized spacial score (nSPS) is 22.2. The number of ether oxygens (including phenoxy) is 2. The van der Waals surface area contributed by atoms with Crippen LogP contribution in [0.1, 0.15) is 39.5 Å². The van der Waals surface area contributed by atoms with Crippen LogP contribution >= 0.6 is 11.8 Å². The molecule has 0 aromatic rings. The molecule has 4 nitrogen and oxygen atoms in total. The second-order valence-corrected chi connectivity index (χ2v) is 6.36. The minimum Gasteiger partial charge on any atom is -0.468 e. The van der Waals surface area contributed by atoms with Crippen molar-refractivity contribution in [1.29, 1.82) is 0 Å². The van der Waals surface area contributed by atoms with Crippen LogP contribution in [-0.2, 0) is 14.3 Å². The fourth-order valence-electron chi connectivity index (χ4n) is 2.16. The molecule has 5 heteroatoms. The van der Waals surface area contributed by atoms with Crippen molar-refractivity contribution in [3.05, 3.63) is 0 Å². The summed E-state index contributed by atoms with van der Waals surface area (Å²) in [5, 5.41) is 3.31. The number of carbonyl (C=O) groups excluding carboxylic acids is 1. The maximum atomic E-state index is 11.9. The number of carbonyl (C=O) groups is 1. The van der Waals surface area contributed by atoms with Gasteiger partial charge in [0.1, 0.15) is 5.54 Å². The first-order valence-corrected chi connectivity index (χ1v) is 8.30. The van der Waals surface area contributed by atoms with E-state index in [2.05, 4.69) is 12.2 Å². The lowest BCUT2D eigenvalue weighted by Crippen LogP contribution is -2.50. The number of esters is 1. The highest BCUT2D eigenvalue weighted by Gasteiger charge is 2.33.